The molecule has 6 nitrogen and oxygen atoms in total. The molecule has 0 saturated heterocycles. The maximum Gasteiger partial charge on any atom is 0.345 e. The summed E-state index contributed by atoms with van der Waals surface area (Å²) in [5, 5.41) is 0.480. The van der Waals surface area contributed by atoms with Gasteiger partial charge in [0.2, 0.25) is 0 Å². The van der Waals surface area contributed by atoms with E-state index in [4.69, 9.17) is 25.8 Å². The molecule has 0 atom stereocenters. The fourth-order valence-corrected chi connectivity index (χ4v) is 1.76. The Kier molecular flexibility index (Phi) is 8.83. The summed E-state index contributed by atoms with van der Waals surface area (Å²) in [7, 11) is 0. The van der Waals surface area contributed by atoms with Gasteiger partial charge in [-0.3, -0.25) is 0 Å². The van der Waals surface area contributed by atoms with Crippen molar-refractivity contribution in [2.45, 2.75) is 13.8 Å². The van der Waals surface area contributed by atoms with E-state index >= 15 is 0 Å². The topological polar surface area (TPSA) is 78.9 Å². The zero-order valence-corrected chi connectivity index (χ0v) is 14.6. The zero-order chi connectivity index (χ0) is 18.7. The van der Waals surface area contributed by atoms with Gasteiger partial charge < -0.3 is 14.2 Å². The van der Waals surface area contributed by atoms with E-state index < -0.39 is 23.5 Å². The Balaban J connectivity index is 2.73. The molecule has 0 aliphatic carbocycles. The quantitative estimate of drug-likeness (QED) is 0.192. The van der Waals surface area contributed by atoms with Gasteiger partial charge in [0.15, 0.2) is 12.2 Å². The Bertz CT molecular complexity index is 707. The van der Waals surface area contributed by atoms with Gasteiger partial charge in [-0.05, 0) is 26.0 Å². The molecular formula is C18H17ClO6. The van der Waals surface area contributed by atoms with E-state index in [1.807, 2.05) is 0 Å². The number of hydrogen-bond donors (Lipinski definition) is 0. The molecule has 0 amide bonds. The molecule has 0 aliphatic heterocycles. The maximum absolute atomic E-state index is 11.7. The van der Waals surface area contributed by atoms with Crippen LogP contribution in [-0.4, -0.2) is 37.7 Å². The monoisotopic (exact) mass is 364 g/mol. The van der Waals surface area contributed by atoms with Gasteiger partial charge in [-0.15, -0.1) is 0 Å². The highest BCUT2D eigenvalue weighted by Gasteiger charge is 2.22. The molecule has 0 bridgehead atoms. The van der Waals surface area contributed by atoms with E-state index in [-0.39, 0.29) is 19.8 Å². The first kappa shape index (κ1) is 20.3. The van der Waals surface area contributed by atoms with Gasteiger partial charge in [-0.2, -0.15) is 0 Å². The van der Waals surface area contributed by atoms with Crippen LogP contribution in [0.3, 0.4) is 0 Å². The summed E-state index contributed by atoms with van der Waals surface area (Å²) in [6, 6.07) is 6.95. The van der Waals surface area contributed by atoms with Crippen LogP contribution in [-0.2, 0) is 28.6 Å². The highest BCUT2D eigenvalue weighted by molar-refractivity contribution is 6.31. The predicted octanol–water partition coefficient (Wildman–Crippen LogP) is 2.29. The van der Waals surface area contributed by atoms with Crippen molar-refractivity contribution in [3.05, 3.63) is 46.5 Å². The molecule has 1 rings (SSSR count). The number of halogens is 1. The Morgan fingerprint density at radius 1 is 1.04 bits per heavy atom. The third kappa shape index (κ3) is 7.10. The van der Waals surface area contributed by atoms with Gasteiger partial charge in [0.25, 0.3) is 0 Å². The molecule has 0 saturated carbocycles. The van der Waals surface area contributed by atoms with Crippen LogP contribution in [0.4, 0.5) is 0 Å². The first-order valence-corrected chi connectivity index (χ1v) is 7.83. The normalized spacial score (nSPS) is 9.24. The van der Waals surface area contributed by atoms with Crippen molar-refractivity contribution >= 4 is 29.5 Å². The molecule has 7 heteroatoms. The molecular weight excluding hydrogens is 348 g/mol. The fraction of sp³-hybridized carbons (Fsp3) is 0.278. The standard InChI is InChI=1S/C18H17ClO6/c1-3-23-17(21)14(18(22)24-4-2)12-16(20)25-11-7-9-13-8-5-6-10-15(13)19/h5-6,8,10,12H,3-4,11H2,1-2H3. The van der Waals surface area contributed by atoms with Gasteiger partial charge >= 0.3 is 17.9 Å². The van der Waals surface area contributed by atoms with Crippen LogP contribution < -0.4 is 0 Å². The van der Waals surface area contributed by atoms with Crippen LogP contribution in [0, 0.1) is 11.8 Å². The summed E-state index contributed by atoms with van der Waals surface area (Å²) in [6.07, 6.45) is 0.729. The fourth-order valence-electron chi connectivity index (χ4n) is 1.58. The molecule has 0 radical (unpaired) electrons. The average Bonchev–Trinajstić information content (AvgIpc) is 2.58. The van der Waals surface area contributed by atoms with Crippen LogP contribution in [0.15, 0.2) is 35.9 Å². The Morgan fingerprint density at radius 2 is 1.64 bits per heavy atom. The van der Waals surface area contributed by atoms with Crippen molar-refractivity contribution < 1.29 is 28.6 Å². The molecule has 0 spiro atoms. The summed E-state index contributed by atoms with van der Waals surface area (Å²) in [5.74, 6) is 2.53. The van der Waals surface area contributed by atoms with Crippen LogP contribution in [0.2, 0.25) is 5.02 Å². The van der Waals surface area contributed by atoms with Crippen LogP contribution >= 0.6 is 11.6 Å². The van der Waals surface area contributed by atoms with Gasteiger partial charge in [0.05, 0.1) is 18.2 Å². The molecule has 132 valence electrons. The second-order valence-electron chi connectivity index (χ2n) is 4.39. The first-order valence-electron chi connectivity index (χ1n) is 7.45. The molecule has 0 fully saturated rings. The SMILES string of the molecule is CCOC(=O)C(=CC(=O)OCC#Cc1ccccc1Cl)C(=O)OCC. The summed E-state index contributed by atoms with van der Waals surface area (Å²) in [5.41, 5.74) is 0.0576. The number of benzene rings is 1. The average molecular weight is 365 g/mol. The van der Waals surface area contributed by atoms with Gasteiger partial charge in [0.1, 0.15) is 0 Å². The van der Waals surface area contributed by atoms with E-state index in [1.165, 1.54) is 0 Å². The third-order valence-corrected chi connectivity index (χ3v) is 2.97. The molecule has 0 heterocycles. The lowest BCUT2D eigenvalue weighted by atomic mass is 10.2. The molecule has 0 unspecified atom stereocenters. The van der Waals surface area contributed by atoms with E-state index in [0.717, 1.165) is 6.08 Å². The zero-order valence-electron chi connectivity index (χ0n) is 13.8. The summed E-state index contributed by atoms with van der Waals surface area (Å²) in [6.45, 7) is 3.01. The van der Waals surface area contributed by atoms with Crippen molar-refractivity contribution in [2.75, 3.05) is 19.8 Å². The van der Waals surface area contributed by atoms with Gasteiger partial charge in [-0.1, -0.05) is 35.6 Å². The van der Waals surface area contributed by atoms with Gasteiger partial charge in [-0.25, -0.2) is 14.4 Å². The molecule has 0 N–H and O–H groups in total. The second-order valence-corrected chi connectivity index (χ2v) is 4.80. The number of ether oxygens (including phenoxy) is 3. The van der Waals surface area contributed by atoms with Crippen molar-refractivity contribution in [1.29, 1.82) is 0 Å². The lowest BCUT2D eigenvalue weighted by molar-refractivity contribution is -0.148. The summed E-state index contributed by atoms with van der Waals surface area (Å²) >= 11 is 5.94. The minimum atomic E-state index is -0.958. The molecule has 0 aromatic heterocycles. The van der Waals surface area contributed by atoms with Crippen molar-refractivity contribution in [3.8, 4) is 11.8 Å². The van der Waals surface area contributed by atoms with Crippen molar-refractivity contribution in [2.24, 2.45) is 0 Å². The lowest BCUT2D eigenvalue weighted by Gasteiger charge is -2.06. The Hall–Kier alpha value is -2.78. The molecule has 25 heavy (non-hydrogen) atoms. The Morgan fingerprint density at radius 3 is 2.20 bits per heavy atom. The number of hydrogen-bond acceptors (Lipinski definition) is 6. The van der Waals surface area contributed by atoms with Gasteiger partial charge in [0, 0.05) is 11.6 Å². The van der Waals surface area contributed by atoms with Crippen LogP contribution in [0.5, 0.6) is 0 Å². The Labute approximate surface area is 150 Å². The molecule has 1 aromatic carbocycles. The van der Waals surface area contributed by atoms with E-state index in [2.05, 4.69) is 11.8 Å². The number of rotatable bonds is 6. The largest absolute Gasteiger partial charge is 0.462 e. The van der Waals surface area contributed by atoms with E-state index in [9.17, 15) is 14.4 Å². The number of esters is 3. The minimum Gasteiger partial charge on any atom is -0.462 e. The molecule has 0 aliphatic rings. The van der Waals surface area contributed by atoms with E-state index in [1.54, 1.807) is 38.1 Å². The highest BCUT2D eigenvalue weighted by atomic mass is 35.5. The van der Waals surface area contributed by atoms with Crippen LogP contribution in [0.25, 0.3) is 0 Å². The van der Waals surface area contributed by atoms with Crippen molar-refractivity contribution in [3.63, 3.8) is 0 Å². The summed E-state index contributed by atoms with van der Waals surface area (Å²) in [4.78, 5) is 35.2. The van der Waals surface area contributed by atoms with Crippen molar-refractivity contribution in [1.82, 2.24) is 0 Å². The third-order valence-electron chi connectivity index (χ3n) is 2.64. The predicted molar refractivity (Wildman–Crippen MR) is 90.6 cm³/mol. The number of carbonyl (C=O) groups excluding carboxylic acids is 3. The first-order chi connectivity index (χ1) is 12.0. The smallest absolute Gasteiger partial charge is 0.345 e. The molecule has 1 aromatic rings. The summed E-state index contributed by atoms with van der Waals surface area (Å²) < 4.78 is 14.3. The second kappa shape index (κ2) is 10.9. The maximum atomic E-state index is 11.7. The minimum absolute atomic E-state index is 0.0495. The highest BCUT2D eigenvalue weighted by Crippen LogP contribution is 2.12. The van der Waals surface area contributed by atoms with Crippen LogP contribution in [0.1, 0.15) is 19.4 Å². The number of carbonyl (C=O) groups is 3. The van der Waals surface area contributed by atoms with E-state index in [0.29, 0.717) is 10.6 Å². The lowest BCUT2D eigenvalue weighted by Crippen LogP contribution is -2.20.